The fourth-order valence-electron chi connectivity index (χ4n) is 2.21. The van der Waals surface area contributed by atoms with E-state index in [-0.39, 0.29) is 24.2 Å². The number of sulfonamides is 1. The zero-order valence-electron chi connectivity index (χ0n) is 13.7. The summed E-state index contributed by atoms with van der Waals surface area (Å²) in [6.07, 6.45) is 0. The molecule has 0 aliphatic rings. The van der Waals surface area contributed by atoms with Crippen LogP contribution in [0.2, 0.25) is 0 Å². The minimum absolute atomic E-state index is 0.162. The molecule has 1 unspecified atom stereocenters. The van der Waals surface area contributed by atoms with E-state index in [4.69, 9.17) is 0 Å². The third kappa shape index (κ3) is 5.00. The topological polar surface area (TPSA) is 104 Å². The molecule has 1 aromatic rings. The van der Waals surface area contributed by atoms with Crippen LogP contribution in [-0.4, -0.2) is 48.5 Å². The van der Waals surface area contributed by atoms with Gasteiger partial charge in [0, 0.05) is 13.1 Å². The van der Waals surface area contributed by atoms with Gasteiger partial charge in [-0.25, -0.2) is 21.9 Å². The Morgan fingerprint density at radius 2 is 1.88 bits per heavy atom. The fraction of sp³-hybridized carbons (Fsp3) is 0.467. The van der Waals surface area contributed by atoms with E-state index in [1.165, 1.54) is 19.1 Å². The molecule has 0 spiro atoms. The van der Waals surface area contributed by atoms with Crippen molar-refractivity contribution in [3.05, 3.63) is 35.1 Å². The van der Waals surface area contributed by atoms with Gasteiger partial charge in [-0.05, 0) is 24.1 Å². The number of carboxylic acid groups (broad SMARTS) is 1. The Labute approximate surface area is 140 Å². The highest BCUT2D eigenvalue weighted by molar-refractivity contribution is 7.89. The number of benzene rings is 1. The summed E-state index contributed by atoms with van der Waals surface area (Å²) in [7, 11) is -3.82. The molecule has 1 atom stereocenters. The SMILES string of the molecule is CCN(CC)S(=O)(=O)CC(=O)NC(C(=O)O)c1ccc(F)c(C)c1. The van der Waals surface area contributed by atoms with Crippen LogP contribution in [0.1, 0.15) is 31.0 Å². The minimum Gasteiger partial charge on any atom is -0.479 e. The van der Waals surface area contributed by atoms with Crippen molar-refractivity contribution in [2.24, 2.45) is 0 Å². The Morgan fingerprint density at radius 1 is 1.29 bits per heavy atom. The van der Waals surface area contributed by atoms with Crippen LogP contribution >= 0.6 is 0 Å². The Bertz CT molecular complexity index is 717. The van der Waals surface area contributed by atoms with Gasteiger partial charge in [-0.15, -0.1) is 0 Å². The number of aryl methyl sites for hydroxylation is 1. The van der Waals surface area contributed by atoms with Gasteiger partial charge < -0.3 is 10.4 Å². The maximum atomic E-state index is 13.3. The molecule has 0 saturated carbocycles. The summed E-state index contributed by atoms with van der Waals surface area (Å²) in [5.74, 6) is -3.65. The van der Waals surface area contributed by atoms with E-state index in [2.05, 4.69) is 5.32 Å². The monoisotopic (exact) mass is 360 g/mol. The predicted octanol–water partition coefficient (Wildman–Crippen LogP) is 1.05. The summed E-state index contributed by atoms with van der Waals surface area (Å²) >= 11 is 0. The number of halogens is 1. The third-order valence-electron chi connectivity index (χ3n) is 3.48. The van der Waals surface area contributed by atoms with Crippen molar-refractivity contribution >= 4 is 21.9 Å². The molecule has 0 radical (unpaired) electrons. The van der Waals surface area contributed by atoms with E-state index in [1.807, 2.05) is 0 Å². The lowest BCUT2D eigenvalue weighted by molar-refractivity contribution is -0.141. The number of aliphatic carboxylic acids is 1. The first kappa shape index (κ1) is 20.0. The van der Waals surface area contributed by atoms with E-state index in [9.17, 15) is 27.5 Å². The molecular formula is C15H21FN2O5S. The Balaban J connectivity index is 2.95. The van der Waals surface area contributed by atoms with Gasteiger partial charge in [-0.2, -0.15) is 0 Å². The first-order valence-electron chi connectivity index (χ1n) is 7.38. The van der Waals surface area contributed by atoms with Gasteiger partial charge in [0.2, 0.25) is 15.9 Å². The molecule has 0 heterocycles. The number of rotatable bonds is 8. The summed E-state index contributed by atoms with van der Waals surface area (Å²) in [6, 6.07) is 2.18. The van der Waals surface area contributed by atoms with Crippen molar-refractivity contribution < 1.29 is 27.5 Å². The van der Waals surface area contributed by atoms with Crippen LogP contribution in [0.15, 0.2) is 18.2 Å². The molecule has 0 fully saturated rings. The lowest BCUT2D eigenvalue weighted by atomic mass is 10.0. The van der Waals surface area contributed by atoms with E-state index >= 15 is 0 Å². The molecule has 0 aliphatic heterocycles. The highest BCUT2D eigenvalue weighted by Gasteiger charge is 2.27. The summed E-state index contributed by atoms with van der Waals surface area (Å²) in [4.78, 5) is 23.4. The largest absolute Gasteiger partial charge is 0.479 e. The van der Waals surface area contributed by atoms with Crippen molar-refractivity contribution in [3.8, 4) is 0 Å². The fourth-order valence-corrected chi connectivity index (χ4v) is 3.60. The average Bonchev–Trinajstić information content (AvgIpc) is 2.48. The van der Waals surface area contributed by atoms with Crippen LogP contribution in [0.5, 0.6) is 0 Å². The summed E-state index contributed by atoms with van der Waals surface area (Å²) < 4.78 is 38.5. The number of amides is 1. The second-order valence-corrected chi connectivity index (χ2v) is 7.16. The van der Waals surface area contributed by atoms with Crippen LogP contribution in [0.25, 0.3) is 0 Å². The number of carbonyl (C=O) groups is 2. The molecule has 1 aromatic carbocycles. The number of nitrogens with one attached hydrogen (secondary N) is 1. The van der Waals surface area contributed by atoms with Gasteiger partial charge in [0.1, 0.15) is 11.6 Å². The molecule has 9 heteroatoms. The summed E-state index contributed by atoms with van der Waals surface area (Å²) in [6.45, 7) is 5.17. The molecule has 0 saturated heterocycles. The minimum atomic E-state index is -3.82. The maximum Gasteiger partial charge on any atom is 0.330 e. The molecule has 2 N–H and O–H groups in total. The van der Waals surface area contributed by atoms with Crippen LogP contribution in [0.4, 0.5) is 4.39 Å². The van der Waals surface area contributed by atoms with Crippen LogP contribution in [0, 0.1) is 12.7 Å². The van der Waals surface area contributed by atoms with Gasteiger partial charge >= 0.3 is 5.97 Å². The smallest absolute Gasteiger partial charge is 0.330 e. The molecule has 1 amide bonds. The standard InChI is InChI=1S/C15H21FN2O5S/c1-4-18(5-2)24(22,23)9-13(19)17-14(15(20)21)11-6-7-12(16)10(3)8-11/h6-8,14H,4-5,9H2,1-3H3,(H,17,19)(H,20,21). The van der Waals surface area contributed by atoms with Gasteiger partial charge in [0.05, 0.1) is 0 Å². The van der Waals surface area contributed by atoms with Gasteiger partial charge in [-0.1, -0.05) is 26.0 Å². The van der Waals surface area contributed by atoms with E-state index in [0.717, 1.165) is 10.4 Å². The molecule has 7 nitrogen and oxygen atoms in total. The molecule has 24 heavy (non-hydrogen) atoms. The number of hydrogen-bond acceptors (Lipinski definition) is 4. The molecule has 0 aliphatic carbocycles. The summed E-state index contributed by atoms with van der Waals surface area (Å²) in [5, 5.41) is 11.4. The number of carboxylic acids is 1. The lowest BCUT2D eigenvalue weighted by Crippen LogP contribution is -2.42. The number of hydrogen-bond donors (Lipinski definition) is 2. The highest BCUT2D eigenvalue weighted by Crippen LogP contribution is 2.17. The van der Waals surface area contributed by atoms with Crippen molar-refractivity contribution in [2.45, 2.75) is 26.8 Å². The van der Waals surface area contributed by atoms with Gasteiger partial charge in [0.25, 0.3) is 0 Å². The lowest BCUT2D eigenvalue weighted by Gasteiger charge is -2.20. The van der Waals surface area contributed by atoms with Crippen LogP contribution in [-0.2, 0) is 19.6 Å². The van der Waals surface area contributed by atoms with Gasteiger partial charge in [-0.3, -0.25) is 4.79 Å². The Hall–Kier alpha value is -2.00. The van der Waals surface area contributed by atoms with Gasteiger partial charge in [0.15, 0.2) is 6.04 Å². The average molecular weight is 360 g/mol. The van der Waals surface area contributed by atoms with Crippen LogP contribution in [0.3, 0.4) is 0 Å². The molecule has 134 valence electrons. The third-order valence-corrected chi connectivity index (χ3v) is 5.41. The van der Waals surface area contributed by atoms with E-state index < -0.39 is 39.5 Å². The normalized spacial score (nSPS) is 12.9. The Kier molecular flexibility index (Phi) is 6.85. The second kappa shape index (κ2) is 8.20. The molecule has 1 rings (SSSR count). The second-order valence-electron chi connectivity index (χ2n) is 5.19. The Morgan fingerprint density at radius 3 is 2.33 bits per heavy atom. The van der Waals surface area contributed by atoms with Crippen molar-refractivity contribution in [1.29, 1.82) is 0 Å². The molecular weight excluding hydrogens is 339 g/mol. The van der Waals surface area contributed by atoms with Crippen molar-refractivity contribution in [3.63, 3.8) is 0 Å². The quantitative estimate of drug-likeness (QED) is 0.721. The summed E-state index contributed by atoms with van der Waals surface area (Å²) in [5.41, 5.74) is 0.388. The maximum absolute atomic E-state index is 13.3. The zero-order chi connectivity index (χ0) is 18.5. The number of carbonyl (C=O) groups excluding carboxylic acids is 1. The van der Waals surface area contributed by atoms with Crippen LogP contribution < -0.4 is 5.32 Å². The number of nitrogens with zero attached hydrogens (tertiary/aromatic N) is 1. The van der Waals surface area contributed by atoms with Crippen molar-refractivity contribution in [1.82, 2.24) is 9.62 Å². The highest BCUT2D eigenvalue weighted by atomic mass is 32.2. The predicted molar refractivity (Wildman–Crippen MR) is 86.4 cm³/mol. The van der Waals surface area contributed by atoms with E-state index in [1.54, 1.807) is 13.8 Å². The van der Waals surface area contributed by atoms with Crippen molar-refractivity contribution in [2.75, 3.05) is 18.8 Å². The first-order valence-corrected chi connectivity index (χ1v) is 8.99. The molecule has 0 bridgehead atoms. The van der Waals surface area contributed by atoms with E-state index in [0.29, 0.717) is 0 Å². The first-order chi connectivity index (χ1) is 11.1. The molecule has 0 aromatic heterocycles. The zero-order valence-corrected chi connectivity index (χ0v) is 14.6.